The predicted octanol–water partition coefficient (Wildman–Crippen LogP) is 1.89. The van der Waals surface area contributed by atoms with E-state index in [-0.39, 0.29) is 5.91 Å². The Morgan fingerprint density at radius 1 is 1.11 bits per heavy atom. The van der Waals surface area contributed by atoms with Gasteiger partial charge in [0.25, 0.3) is 0 Å². The SMILES string of the molecule is CCN(CC)C1=C[CH]N(C(C)=O)C(N(CC)CC)=N1. The highest BCUT2D eigenvalue weighted by Gasteiger charge is 2.24. The molecule has 0 unspecified atom stereocenters. The highest BCUT2D eigenvalue weighted by Crippen LogP contribution is 2.17. The minimum Gasteiger partial charge on any atom is -0.357 e. The van der Waals surface area contributed by atoms with Crippen LogP contribution in [0.25, 0.3) is 0 Å². The number of nitrogens with zero attached hydrogens (tertiary/aromatic N) is 4. The van der Waals surface area contributed by atoms with Gasteiger partial charge in [0.2, 0.25) is 11.9 Å². The molecule has 1 rings (SSSR count). The van der Waals surface area contributed by atoms with E-state index in [9.17, 15) is 4.79 Å². The molecule has 0 aromatic carbocycles. The van der Waals surface area contributed by atoms with Crippen molar-refractivity contribution in [1.82, 2.24) is 14.7 Å². The molecule has 0 bridgehead atoms. The van der Waals surface area contributed by atoms with E-state index in [1.807, 2.05) is 12.6 Å². The van der Waals surface area contributed by atoms with Crippen molar-refractivity contribution in [2.24, 2.45) is 4.99 Å². The zero-order valence-electron chi connectivity index (χ0n) is 12.7. The van der Waals surface area contributed by atoms with Gasteiger partial charge in [-0.2, -0.15) is 4.99 Å². The zero-order valence-corrected chi connectivity index (χ0v) is 12.7. The molecule has 1 aliphatic heterocycles. The molecular formula is C14H25N4O. The van der Waals surface area contributed by atoms with Crippen molar-refractivity contribution in [1.29, 1.82) is 0 Å². The smallest absolute Gasteiger partial charge is 0.226 e. The Hall–Kier alpha value is -1.52. The third-order valence-corrected chi connectivity index (χ3v) is 3.28. The molecule has 0 aliphatic carbocycles. The molecule has 0 atom stereocenters. The van der Waals surface area contributed by atoms with Crippen LogP contribution < -0.4 is 0 Å². The predicted molar refractivity (Wildman–Crippen MR) is 78.2 cm³/mol. The summed E-state index contributed by atoms with van der Waals surface area (Å²) in [6.45, 7) is 15.2. The highest BCUT2D eigenvalue weighted by molar-refractivity contribution is 5.98. The normalized spacial score (nSPS) is 14.9. The van der Waals surface area contributed by atoms with Gasteiger partial charge in [0.05, 0.1) is 6.54 Å². The Morgan fingerprint density at radius 3 is 2.05 bits per heavy atom. The van der Waals surface area contributed by atoms with E-state index in [0.29, 0.717) is 0 Å². The Balaban J connectivity index is 3.06. The van der Waals surface area contributed by atoms with Gasteiger partial charge in [-0.3, -0.25) is 9.69 Å². The number of hydrogen-bond donors (Lipinski definition) is 0. The largest absolute Gasteiger partial charge is 0.357 e. The first-order chi connectivity index (χ1) is 9.08. The van der Waals surface area contributed by atoms with E-state index in [0.717, 1.165) is 38.0 Å². The monoisotopic (exact) mass is 265 g/mol. The second kappa shape index (κ2) is 7.16. The van der Waals surface area contributed by atoms with Crippen molar-refractivity contribution >= 4 is 11.9 Å². The van der Waals surface area contributed by atoms with Crippen LogP contribution in [-0.2, 0) is 4.79 Å². The van der Waals surface area contributed by atoms with Gasteiger partial charge in [-0.1, -0.05) is 0 Å². The molecule has 0 spiro atoms. The summed E-state index contributed by atoms with van der Waals surface area (Å²) in [7, 11) is 0. The first kappa shape index (κ1) is 15.5. The summed E-state index contributed by atoms with van der Waals surface area (Å²) in [5.41, 5.74) is 0. The third kappa shape index (κ3) is 3.49. The second-order valence-corrected chi connectivity index (χ2v) is 4.32. The molecule has 1 aliphatic rings. The summed E-state index contributed by atoms with van der Waals surface area (Å²) in [6, 6.07) is 0. The van der Waals surface area contributed by atoms with Crippen molar-refractivity contribution in [2.75, 3.05) is 26.2 Å². The van der Waals surface area contributed by atoms with E-state index in [1.165, 1.54) is 0 Å². The van der Waals surface area contributed by atoms with Gasteiger partial charge in [0, 0.05) is 33.1 Å². The van der Waals surface area contributed by atoms with E-state index >= 15 is 0 Å². The van der Waals surface area contributed by atoms with Gasteiger partial charge in [0.15, 0.2) is 0 Å². The maximum Gasteiger partial charge on any atom is 0.226 e. The lowest BCUT2D eigenvalue weighted by molar-refractivity contribution is -0.124. The molecule has 1 amide bonds. The van der Waals surface area contributed by atoms with Gasteiger partial charge < -0.3 is 9.80 Å². The van der Waals surface area contributed by atoms with Crippen LogP contribution in [0.5, 0.6) is 0 Å². The first-order valence-electron chi connectivity index (χ1n) is 7.02. The number of guanidine groups is 1. The standard InChI is InChI=1S/C14H25N4O/c1-6-16(7-2)13-10-11-18(12(5)19)14(15-13)17(8-3)9-4/h10-11H,6-9H2,1-5H3. The van der Waals surface area contributed by atoms with Gasteiger partial charge in [-0.25, -0.2) is 0 Å². The molecule has 5 nitrogen and oxygen atoms in total. The van der Waals surface area contributed by atoms with Crippen LogP contribution in [-0.4, -0.2) is 52.7 Å². The van der Waals surface area contributed by atoms with E-state index in [1.54, 1.807) is 11.8 Å². The summed E-state index contributed by atoms with van der Waals surface area (Å²) < 4.78 is 0. The van der Waals surface area contributed by atoms with E-state index < -0.39 is 0 Å². The van der Waals surface area contributed by atoms with Crippen LogP contribution in [0.15, 0.2) is 16.9 Å². The molecule has 0 fully saturated rings. The minimum atomic E-state index is -0.0134. The van der Waals surface area contributed by atoms with Crippen LogP contribution in [0.1, 0.15) is 34.6 Å². The fourth-order valence-electron chi connectivity index (χ4n) is 2.10. The summed E-state index contributed by atoms with van der Waals surface area (Å²) in [4.78, 5) is 22.3. The second-order valence-electron chi connectivity index (χ2n) is 4.32. The molecule has 0 saturated heterocycles. The molecule has 19 heavy (non-hydrogen) atoms. The summed E-state index contributed by atoms with van der Waals surface area (Å²) >= 11 is 0. The van der Waals surface area contributed by atoms with Crippen molar-refractivity contribution in [3.05, 3.63) is 18.4 Å². The number of rotatable bonds is 5. The van der Waals surface area contributed by atoms with Crippen molar-refractivity contribution < 1.29 is 4.79 Å². The molecule has 107 valence electrons. The van der Waals surface area contributed by atoms with Crippen molar-refractivity contribution in [3.63, 3.8) is 0 Å². The lowest BCUT2D eigenvalue weighted by Gasteiger charge is -2.34. The van der Waals surface area contributed by atoms with E-state index in [2.05, 4.69) is 42.5 Å². The van der Waals surface area contributed by atoms with Crippen molar-refractivity contribution in [3.8, 4) is 0 Å². The highest BCUT2D eigenvalue weighted by atomic mass is 16.2. The molecule has 1 radical (unpaired) electrons. The molecule has 1 heterocycles. The van der Waals surface area contributed by atoms with Gasteiger partial charge in [-0.05, 0) is 33.8 Å². The fourth-order valence-corrected chi connectivity index (χ4v) is 2.10. The van der Waals surface area contributed by atoms with E-state index in [4.69, 9.17) is 0 Å². The lowest BCUT2D eigenvalue weighted by atomic mass is 10.3. The Morgan fingerprint density at radius 2 is 1.63 bits per heavy atom. The Kier molecular flexibility index (Phi) is 5.86. The number of amides is 1. The molecule has 0 aromatic rings. The fraction of sp³-hybridized carbons (Fsp3) is 0.643. The van der Waals surface area contributed by atoms with Gasteiger partial charge in [0.1, 0.15) is 5.82 Å². The maximum absolute atomic E-state index is 11.7. The molecule has 0 aromatic heterocycles. The first-order valence-corrected chi connectivity index (χ1v) is 7.02. The number of carbonyl (C=O) groups is 1. The van der Waals surface area contributed by atoms with Crippen LogP contribution in [0.2, 0.25) is 0 Å². The van der Waals surface area contributed by atoms with Crippen LogP contribution in [0, 0.1) is 6.54 Å². The minimum absolute atomic E-state index is 0.0134. The third-order valence-electron chi connectivity index (χ3n) is 3.28. The molecule has 5 heteroatoms. The summed E-state index contributed by atoms with van der Waals surface area (Å²) in [5, 5.41) is 0. The topological polar surface area (TPSA) is 39.1 Å². The average molecular weight is 265 g/mol. The summed E-state index contributed by atoms with van der Waals surface area (Å²) in [5.74, 6) is 1.63. The van der Waals surface area contributed by atoms with Crippen LogP contribution >= 0.6 is 0 Å². The van der Waals surface area contributed by atoms with Crippen molar-refractivity contribution in [2.45, 2.75) is 34.6 Å². The Bertz CT molecular complexity index is 368. The molecule has 0 N–H and O–H groups in total. The lowest BCUT2D eigenvalue weighted by Crippen LogP contribution is -2.47. The Labute approximate surface area is 116 Å². The quantitative estimate of drug-likeness (QED) is 0.762. The van der Waals surface area contributed by atoms with Gasteiger partial charge >= 0.3 is 0 Å². The number of carbonyl (C=O) groups excluding carboxylic acids is 1. The van der Waals surface area contributed by atoms with Gasteiger partial charge in [-0.15, -0.1) is 0 Å². The van der Waals surface area contributed by atoms with Crippen LogP contribution in [0.4, 0.5) is 0 Å². The molecular weight excluding hydrogens is 240 g/mol. The number of hydrogen-bond acceptors (Lipinski definition) is 4. The van der Waals surface area contributed by atoms with Crippen LogP contribution in [0.3, 0.4) is 0 Å². The summed E-state index contributed by atoms with van der Waals surface area (Å²) in [6.07, 6.45) is 1.90. The maximum atomic E-state index is 11.7. The average Bonchev–Trinajstić information content (AvgIpc) is 2.41. The zero-order chi connectivity index (χ0) is 14.4. The number of aliphatic imine (C=N–C) groups is 1. The molecule has 0 saturated carbocycles.